The SMILES string of the molecule is CCNC(=NCC1(N2CCCC2)CCOCC1)N(C)Cc1cnn(-c2ccccc2)c1. The smallest absolute Gasteiger partial charge is 0.194 e. The number of aliphatic imine (C=N–C) groups is 1. The molecule has 2 saturated heterocycles. The summed E-state index contributed by atoms with van der Waals surface area (Å²) in [6, 6.07) is 10.2. The largest absolute Gasteiger partial charge is 0.381 e. The van der Waals surface area contributed by atoms with Gasteiger partial charge >= 0.3 is 0 Å². The summed E-state index contributed by atoms with van der Waals surface area (Å²) in [6.07, 6.45) is 8.79. The molecule has 0 radical (unpaired) electrons. The fourth-order valence-corrected chi connectivity index (χ4v) is 4.72. The number of benzene rings is 1. The molecule has 168 valence electrons. The third kappa shape index (κ3) is 5.28. The lowest BCUT2D eigenvalue weighted by atomic mass is 9.88. The first-order chi connectivity index (χ1) is 15.2. The molecule has 7 nitrogen and oxygen atoms in total. The van der Waals surface area contributed by atoms with Crippen LogP contribution in [0.4, 0.5) is 0 Å². The first kappa shape index (κ1) is 21.8. The van der Waals surface area contributed by atoms with Gasteiger partial charge in [0.1, 0.15) is 0 Å². The van der Waals surface area contributed by atoms with E-state index >= 15 is 0 Å². The van der Waals surface area contributed by atoms with E-state index in [4.69, 9.17) is 9.73 Å². The molecule has 4 rings (SSSR count). The van der Waals surface area contributed by atoms with E-state index in [-0.39, 0.29) is 5.54 Å². The fourth-order valence-electron chi connectivity index (χ4n) is 4.72. The van der Waals surface area contributed by atoms with Gasteiger partial charge in [-0.15, -0.1) is 0 Å². The van der Waals surface area contributed by atoms with Crippen molar-refractivity contribution in [2.45, 2.75) is 44.7 Å². The summed E-state index contributed by atoms with van der Waals surface area (Å²) in [5, 5.41) is 8.02. The second kappa shape index (κ2) is 10.3. The Morgan fingerprint density at radius 3 is 2.65 bits per heavy atom. The van der Waals surface area contributed by atoms with Crippen molar-refractivity contribution in [3.63, 3.8) is 0 Å². The maximum atomic E-state index is 5.69. The second-order valence-electron chi connectivity index (χ2n) is 8.69. The molecule has 0 amide bonds. The average Bonchev–Trinajstić information content (AvgIpc) is 3.51. The van der Waals surface area contributed by atoms with Crippen LogP contribution in [0.3, 0.4) is 0 Å². The summed E-state index contributed by atoms with van der Waals surface area (Å²) >= 11 is 0. The van der Waals surface area contributed by atoms with Gasteiger partial charge in [-0.3, -0.25) is 9.89 Å². The number of guanidine groups is 1. The van der Waals surface area contributed by atoms with Crippen molar-refractivity contribution in [3.05, 3.63) is 48.3 Å². The third-order valence-electron chi connectivity index (χ3n) is 6.50. The Bertz CT molecular complexity index is 837. The number of likely N-dealkylation sites (tertiary alicyclic amines) is 1. The quantitative estimate of drug-likeness (QED) is 0.547. The molecule has 0 saturated carbocycles. The molecule has 0 atom stereocenters. The number of hydrogen-bond acceptors (Lipinski definition) is 4. The summed E-state index contributed by atoms with van der Waals surface area (Å²) in [7, 11) is 2.11. The zero-order valence-electron chi connectivity index (χ0n) is 19.0. The van der Waals surface area contributed by atoms with Gasteiger partial charge in [0.05, 0.1) is 18.4 Å². The number of para-hydroxylation sites is 1. The minimum atomic E-state index is 0.147. The Labute approximate surface area is 186 Å². The number of aromatic nitrogens is 2. The average molecular weight is 425 g/mol. The van der Waals surface area contributed by atoms with E-state index in [1.165, 1.54) is 25.9 Å². The van der Waals surface area contributed by atoms with Gasteiger partial charge in [0, 0.05) is 50.7 Å². The minimum absolute atomic E-state index is 0.147. The van der Waals surface area contributed by atoms with Crippen LogP contribution < -0.4 is 5.32 Å². The van der Waals surface area contributed by atoms with E-state index in [0.717, 1.165) is 62.9 Å². The summed E-state index contributed by atoms with van der Waals surface area (Å²) in [4.78, 5) is 10.00. The molecule has 0 bridgehead atoms. The number of ether oxygens (including phenoxy) is 1. The van der Waals surface area contributed by atoms with E-state index in [1.54, 1.807) is 0 Å². The highest BCUT2D eigenvalue weighted by Crippen LogP contribution is 2.31. The molecule has 0 spiro atoms. The topological polar surface area (TPSA) is 57.9 Å². The molecule has 2 aliphatic heterocycles. The Kier molecular flexibility index (Phi) is 7.25. The molecule has 1 aromatic heterocycles. The number of nitrogens with one attached hydrogen (secondary N) is 1. The lowest BCUT2D eigenvalue weighted by molar-refractivity contribution is -0.0139. The van der Waals surface area contributed by atoms with Gasteiger partial charge in [0.25, 0.3) is 0 Å². The predicted molar refractivity (Wildman–Crippen MR) is 125 cm³/mol. The maximum absolute atomic E-state index is 5.69. The molecule has 1 aromatic carbocycles. The van der Waals surface area contributed by atoms with Crippen molar-refractivity contribution >= 4 is 5.96 Å². The molecule has 2 aromatic rings. The van der Waals surface area contributed by atoms with E-state index < -0.39 is 0 Å². The first-order valence-electron chi connectivity index (χ1n) is 11.6. The fraction of sp³-hybridized carbons (Fsp3) is 0.583. The lowest BCUT2D eigenvalue weighted by Gasteiger charge is -2.43. The van der Waals surface area contributed by atoms with Crippen molar-refractivity contribution < 1.29 is 4.74 Å². The van der Waals surface area contributed by atoms with Crippen molar-refractivity contribution in [2.75, 3.05) is 46.4 Å². The van der Waals surface area contributed by atoms with Crippen LogP contribution in [0, 0.1) is 0 Å². The predicted octanol–water partition coefficient (Wildman–Crippen LogP) is 2.91. The minimum Gasteiger partial charge on any atom is -0.381 e. The number of hydrogen-bond donors (Lipinski definition) is 1. The van der Waals surface area contributed by atoms with Crippen molar-refractivity contribution in [1.82, 2.24) is 24.9 Å². The molecular weight excluding hydrogens is 388 g/mol. The molecule has 2 aliphatic rings. The van der Waals surface area contributed by atoms with Crippen LogP contribution >= 0.6 is 0 Å². The highest BCUT2D eigenvalue weighted by atomic mass is 16.5. The van der Waals surface area contributed by atoms with Crippen LogP contribution in [0.1, 0.15) is 38.2 Å². The Balaban J connectivity index is 1.46. The monoisotopic (exact) mass is 424 g/mol. The zero-order chi connectivity index (χ0) is 21.5. The molecule has 1 N–H and O–H groups in total. The second-order valence-corrected chi connectivity index (χ2v) is 8.69. The van der Waals surface area contributed by atoms with Gasteiger partial charge in [-0.05, 0) is 57.8 Å². The number of rotatable bonds is 7. The van der Waals surface area contributed by atoms with E-state index in [2.05, 4.69) is 52.5 Å². The van der Waals surface area contributed by atoms with Crippen molar-refractivity contribution in [2.24, 2.45) is 4.99 Å². The van der Waals surface area contributed by atoms with Crippen LogP contribution in [-0.4, -0.2) is 77.5 Å². The molecule has 0 aliphatic carbocycles. The molecule has 3 heterocycles. The van der Waals surface area contributed by atoms with E-state index in [0.29, 0.717) is 0 Å². The van der Waals surface area contributed by atoms with Gasteiger partial charge in [0.15, 0.2) is 5.96 Å². The molecule has 2 fully saturated rings. The molecule has 7 heteroatoms. The molecular formula is C24H36N6O. The van der Waals surface area contributed by atoms with Crippen molar-refractivity contribution in [1.29, 1.82) is 0 Å². The summed E-state index contributed by atoms with van der Waals surface area (Å²) in [5.74, 6) is 0.958. The van der Waals surface area contributed by atoms with E-state index in [9.17, 15) is 0 Å². The third-order valence-corrected chi connectivity index (χ3v) is 6.50. The van der Waals surface area contributed by atoms with Gasteiger partial charge < -0.3 is 15.0 Å². The van der Waals surface area contributed by atoms with Gasteiger partial charge in [0.2, 0.25) is 0 Å². The van der Waals surface area contributed by atoms with E-state index in [1.807, 2.05) is 29.1 Å². The highest BCUT2D eigenvalue weighted by Gasteiger charge is 2.39. The van der Waals surface area contributed by atoms with Crippen LogP contribution in [-0.2, 0) is 11.3 Å². The molecule has 0 unspecified atom stereocenters. The zero-order valence-corrected chi connectivity index (χ0v) is 19.0. The van der Waals surface area contributed by atoms with Gasteiger partial charge in [-0.2, -0.15) is 5.10 Å². The lowest BCUT2D eigenvalue weighted by Crippen LogP contribution is -2.54. The normalized spacial score (nSPS) is 19.5. The Hall–Kier alpha value is -2.38. The van der Waals surface area contributed by atoms with Gasteiger partial charge in [-0.1, -0.05) is 18.2 Å². The number of nitrogens with zero attached hydrogens (tertiary/aromatic N) is 5. The highest BCUT2D eigenvalue weighted by molar-refractivity contribution is 5.79. The summed E-state index contributed by atoms with van der Waals surface area (Å²) in [6.45, 7) is 8.65. The van der Waals surface area contributed by atoms with Crippen LogP contribution in [0.5, 0.6) is 0 Å². The Morgan fingerprint density at radius 2 is 1.94 bits per heavy atom. The summed E-state index contributed by atoms with van der Waals surface area (Å²) < 4.78 is 7.62. The van der Waals surface area contributed by atoms with Gasteiger partial charge in [-0.25, -0.2) is 4.68 Å². The van der Waals surface area contributed by atoms with Crippen LogP contribution in [0.25, 0.3) is 5.69 Å². The summed E-state index contributed by atoms with van der Waals surface area (Å²) in [5.41, 5.74) is 2.38. The van der Waals surface area contributed by atoms with Crippen molar-refractivity contribution in [3.8, 4) is 5.69 Å². The first-order valence-corrected chi connectivity index (χ1v) is 11.6. The van der Waals surface area contributed by atoms with Crippen LogP contribution in [0.15, 0.2) is 47.7 Å². The standard InChI is InChI=1S/C24H36N6O/c1-3-25-23(26-20-24(11-15-31-16-12-24)29-13-7-8-14-29)28(2)18-21-17-27-30(19-21)22-9-5-4-6-10-22/h4-6,9-10,17,19H,3,7-8,11-16,18,20H2,1-2H3,(H,25,26). The molecule has 31 heavy (non-hydrogen) atoms. The van der Waals surface area contributed by atoms with Crippen LogP contribution in [0.2, 0.25) is 0 Å². The Morgan fingerprint density at radius 1 is 1.19 bits per heavy atom. The maximum Gasteiger partial charge on any atom is 0.194 e.